The van der Waals surface area contributed by atoms with E-state index in [1.165, 1.54) is 11.8 Å². The smallest absolute Gasteiger partial charge is 0.349 e. The number of carbonyl (C=O) groups is 2. The van der Waals surface area contributed by atoms with Crippen molar-refractivity contribution in [2.45, 2.75) is 18.7 Å². The molecule has 1 aromatic carbocycles. The Morgan fingerprint density at radius 1 is 1.30 bits per heavy atom. The van der Waals surface area contributed by atoms with Gasteiger partial charge in [-0.1, -0.05) is 12.1 Å². The predicted octanol–water partition coefficient (Wildman–Crippen LogP) is 3.12. The number of hydrogen-bond acceptors (Lipinski definition) is 7. The van der Waals surface area contributed by atoms with Gasteiger partial charge in [0.05, 0.1) is 11.1 Å². The van der Waals surface area contributed by atoms with Gasteiger partial charge in [0.1, 0.15) is 15.5 Å². The molecule has 3 aromatic rings. The molecule has 0 atom stereocenters. The minimum Gasteiger partial charge on any atom is -0.451 e. The summed E-state index contributed by atoms with van der Waals surface area (Å²) in [6.07, 6.45) is 1.91. The highest BCUT2D eigenvalue weighted by atomic mass is 32.2. The first-order valence-corrected chi connectivity index (χ1v) is 10.0. The highest BCUT2D eigenvalue weighted by Crippen LogP contribution is 2.28. The lowest BCUT2D eigenvalue weighted by molar-refractivity contribution is -0.119. The summed E-state index contributed by atoms with van der Waals surface area (Å²) < 4.78 is 5.13. The lowest BCUT2D eigenvalue weighted by Crippen LogP contribution is -2.21. The Morgan fingerprint density at radius 3 is 2.78 bits per heavy atom. The number of aromatic amines is 1. The predicted molar refractivity (Wildman–Crippen MR) is 107 cm³/mol. The van der Waals surface area contributed by atoms with E-state index >= 15 is 0 Å². The van der Waals surface area contributed by atoms with Crippen molar-refractivity contribution >= 4 is 50.9 Å². The number of esters is 1. The van der Waals surface area contributed by atoms with Crippen LogP contribution in [0.2, 0.25) is 0 Å². The zero-order valence-corrected chi connectivity index (χ0v) is 16.5. The molecule has 0 saturated carbocycles. The van der Waals surface area contributed by atoms with Gasteiger partial charge in [-0.25, -0.2) is 9.78 Å². The maximum atomic E-state index is 12.4. The molecule has 0 fully saturated rings. The maximum Gasteiger partial charge on any atom is 0.349 e. The summed E-state index contributed by atoms with van der Waals surface area (Å²) in [7, 11) is 0. The SMILES string of the molecule is CSc1ccccc1NC(=O)COC(=O)c1sc2nc(C)[nH]c(=O)c2c1C. The number of aromatic nitrogens is 2. The first-order chi connectivity index (χ1) is 12.9. The topological polar surface area (TPSA) is 101 Å². The van der Waals surface area contributed by atoms with Gasteiger partial charge in [-0.2, -0.15) is 0 Å². The van der Waals surface area contributed by atoms with E-state index < -0.39 is 18.5 Å². The normalized spacial score (nSPS) is 10.8. The van der Waals surface area contributed by atoms with Crippen molar-refractivity contribution in [1.29, 1.82) is 0 Å². The molecule has 0 saturated heterocycles. The third kappa shape index (κ3) is 4.04. The number of para-hydroxylation sites is 1. The first kappa shape index (κ1) is 19.1. The number of carbonyl (C=O) groups excluding carboxylic acids is 2. The number of anilines is 1. The number of nitrogens with one attached hydrogen (secondary N) is 2. The molecule has 2 N–H and O–H groups in total. The average molecular weight is 403 g/mol. The van der Waals surface area contributed by atoms with Gasteiger partial charge in [-0.15, -0.1) is 23.1 Å². The van der Waals surface area contributed by atoms with E-state index in [9.17, 15) is 14.4 Å². The van der Waals surface area contributed by atoms with Crippen molar-refractivity contribution < 1.29 is 14.3 Å². The van der Waals surface area contributed by atoms with Crippen LogP contribution < -0.4 is 10.9 Å². The number of ether oxygens (including phenoxy) is 1. The van der Waals surface area contributed by atoms with Crippen LogP contribution in [0, 0.1) is 13.8 Å². The number of aryl methyl sites for hydroxylation is 2. The van der Waals surface area contributed by atoms with Gasteiger partial charge < -0.3 is 15.0 Å². The molecular formula is C18H17N3O4S2. The van der Waals surface area contributed by atoms with Crippen LogP contribution >= 0.6 is 23.1 Å². The van der Waals surface area contributed by atoms with E-state index in [1.54, 1.807) is 19.9 Å². The molecule has 0 aliphatic heterocycles. The largest absolute Gasteiger partial charge is 0.451 e. The van der Waals surface area contributed by atoms with E-state index in [0.29, 0.717) is 27.3 Å². The van der Waals surface area contributed by atoms with E-state index in [0.717, 1.165) is 16.2 Å². The second-order valence-electron chi connectivity index (χ2n) is 5.71. The number of thioether (sulfide) groups is 1. The first-order valence-electron chi connectivity index (χ1n) is 8.00. The van der Waals surface area contributed by atoms with Gasteiger partial charge in [0.15, 0.2) is 6.61 Å². The quantitative estimate of drug-likeness (QED) is 0.501. The number of rotatable bonds is 5. The van der Waals surface area contributed by atoms with Crippen LogP contribution in [0.5, 0.6) is 0 Å². The van der Waals surface area contributed by atoms with Crippen LogP contribution in [0.15, 0.2) is 34.0 Å². The van der Waals surface area contributed by atoms with Crippen molar-refractivity contribution in [3.8, 4) is 0 Å². The molecule has 0 radical (unpaired) electrons. The third-order valence-electron chi connectivity index (χ3n) is 3.82. The fraction of sp³-hybridized carbons (Fsp3) is 0.222. The molecule has 0 aliphatic rings. The van der Waals surface area contributed by atoms with E-state index in [4.69, 9.17) is 4.74 Å². The summed E-state index contributed by atoms with van der Waals surface area (Å²) in [5.41, 5.74) is 0.869. The molecule has 1 amide bonds. The summed E-state index contributed by atoms with van der Waals surface area (Å²) in [4.78, 5) is 45.1. The van der Waals surface area contributed by atoms with E-state index in [1.807, 2.05) is 24.5 Å². The third-order valence-corrected chi connectivity index (χ3v) is 5.78. The highest BCUT2D eigenvalue weighted by molar-refractivity contribution is 7.98. The second kappa shape index (κ2) is 7.93. The van der Waals surface area contributed by atoms with Gasteiger partial charge in [0.25, 0.3) is 11.5 Å². The van der Waals surface area contributed by atoms with Crippen LogP contribution in [0.3, 0.4) is 0 Å². The Hall–Kier alpha value is -2.65. The van der Waals surface area contributed by atoms with Crippen molar-refractivity contribution in [2.24, 2.45) is 0 Å². The Labute approximate surface area is 163 Å². The summed E-state index contributed by atoms with van der Waals surface area (Å²) in [6, 6.07) is 7.36. The number of benzene rings is 1. The fourth-order valence-electron chi connectivity index (χ4n) is 2.58. The minimum atomic E-state index is -0.652. The van der Waals surface area contributed by atoms with Crippen LogP contribution in [-0.4, -0.2) is 34.7 Å². The minimum absolute atomic E-state index is 0.269. The van der Waals surface area contributed by atoms with Crippen LogP contribution in [-0.2, 0) is 9.53 Å². The summed E-state index contributed by atoms with van der Waals surface area (Å²) >= 11 is 2.59. The average Bonchev–Trinajstić information content (AvgIpc) is 2.96. The molecule has 140 valence electrons. The summed E-state index contributed by atoms with van der Waals surface area (Å²) in [5, 5.41) is 3.10. The van der Waals surface area contributed by atoms with Crippen molar-refractivity contribution in [2.75, 3.05) is 18.2 Å². The Morgan fingerprint density at radius 2 is 2.04 bits per heavy atom. The maximum absolute atomic E-state index is 12.4. The van der Waals surface area contributed by atoms with Gasteiger partial charge >= 0.3 is 5.97 Å². The van der Waals surface area contributed by atoms with Crippen LogP contribution in [0.1, 0.15) is 21.1 Å². The lowest BCUT2D eigenvalue weighted by Gasteiger charge is -2.09. The molecule has 27 heavy (non-hydrogen) atoms. The zero-order chi connectivity index (χ0) is 19.6. The zero-order valence-electron chi connectivity index (χ0n) is 14.9. The van der Waals surface area contributed by atoms with Crippen LogP contribution in [0.4, 0.5) is 5.69 Å². The molecule has 9 heteroatoms. The standard InChI is InChI=1S/C18H17N3O4S2/c1-9-14-16(23)19-10(2)20-17(14)27-15(9)18(24)25-8-13(22)21-11-6-4-5-7-12(11)26-3/h4-7H,8H2,1-3H3,(H,21,22)(H,19,20,23). The number of thiophene rings is 1. The molecular weight excluding hydrogens is 386 g/mol. The lowest BCUT2D eigenvalue weighted by atomic mass is 10.2. The molecule has 3 rings (SSSR count). The van der Waals surface area contributed by atoms with Gasteiger partial charge in [0.2, 0.25) is 0 Å². The van der Waals surface area contributed by atoms with Gasteiger partial charge in [-0.3, -0.25) is 9.59 Å². The van der Waals surface area contributed by atoms with Gasteiger partial charge in [0, 0.05) is 4.90 Å². The van der Waals surface area contributed by atoms with Crippen molar-refractivity contribution in [3.63, 3.8) is 0 Å². The fourth-order valence-corrected chi connectivity index (χ4v) is 4.25. The Kier molecular flexibility index (Phi) is 5.62. The molecule has 0 spiro atoms. The van der Waals surface area contributed by atoms with E-state index in [2.05, 4.69) is 15.3 Å². The molecule has 0 unspecified atom stereocenters. The van der Waals surface area contributed by atoms with Crippen molar-refractivity contribution in [1.82, 2.24) is 9.97 Å². The second-order valence-corrected chi connectivity index (χ2v) is 7.56. The summed E-state index contributed by atoms with van der Waals surface area (Å²) in [6.45, 7) is 2.92. The molecule has 0 bridgehead atoms. The number of amides is 1. The van der Waals surface area contributed by atoms with Gasteiger partial charge in [-0.05, 0) is 37.8 Å². The van der Waals surface area contributed by atoms with Crippen LogP contribution in [0.25, 0.3) is 10.2 Å². The monoisotopic (exact) mass is 403 g/mol. The Balaban J connectivity index is 1.72. The number of fused-ring (bicyclic) bond motifs is 1. The molecule has 0 aliphatic carbocycles. The number of H-pyrrole nitrogens is 1. The Bertz CT molecular complexity index is 1090. The molecule has 2 aromatic heterocycles. The van der Waals surface area contributed by atoms with Crippen molar-refractivity contribution in [3.05, 3.63) is 50.9 Å². The number of nitrogens with zero attached hydrogens (tertiary/aromatic N) is 1. The summed E-state index contributed by atoms with van der Waals surface area (Å²) in [5.74, 6) is -0.614. The number of hydrogen-bond donors (Lipinski definition) is 2. The molecule has 2 heterocycles. The van der Waals surface area contributed by atoms with E-state index in [-0.39, 0.29) is 10.4 Å². The molecule has 7 nitrogen and oxygen atoms in total. The highest BCUT2D eigenvalue weighted by Gasteiger charge is 2.21.